The highest BCUT2D eigenvalue weighted by molar-refractivity contribution is 5.67. The lowest BCUT2D eigenvalue weighted by atomic mass is 10.2. The summed E-state index contributed by atoms with van der Waals surface area (Å²) >= 11 is 0. The number of nitrogens with zero attached hydrogens (tertiary/aromatic N) is 5. The van der Waals surface area contributed by atoms with Crippen molar-refractivity contribution in [2.75, 3.05) is 0 Å². The molecule has 0 bridgehead atoms. The lowest BCUT2D eigenvalue weighted by molar-refractivity contribution is 0.415. The van der Waals surface area contributed by atoms with E-state index in [1.54, 1.807) is 18.2 Å². The molecule has 0 fully saturated rings. The van der Waals surface area contributed by atoms with Crippen LogP contribution in [0, 0.1) is 0 Å². The van der Waals surface area contributed by atoms with Gasteiger partial charge in [-0.05, 0) is 17.2 Å². The SMILES string of the molecule is [N-]=[N+]=Nc1ccc(C=Cc2ncon2)cc1. The first-order chi connectivity index (χ1) is 7.88. The van der Waals surface area contributed by atoms with Crippen molar-refractivity contribution in [2.24, 2.45) is 5.11 Å². The molecule has 1 aromatic heterocycles. The summed E-state index contributed by atoms with van der Waals surface area (Å²) in [6.45, 7) is 0. The fraction of sp³-hybridized carbons (Fsp3) is 0. The van der Waals surface area contributed by atoms with E-state index in [0.29, 0.717) is 11.5 Å². The minimum Gasteiger partial charge on any atom is -0.342 e. The minimum absolute atomic E-state index is 0.513. The molecule has 0 saturated heterocycles. The maximum Gasteiger partial charge on any atom is 0.214 e. The van der Waals surface area contributed by atoms with Crippen molar-refractivity contribution in [3.8, 4) is 0 Å². The van der Waals surface area contributed by atoms with Gasteiger partial charge in [-0.15, -0.1) is 0 Å². The Labute approximate surface area is 90.8 Å². The molecule has 2 rings (SSSR count). The van der Waals surface area contributed by atoms with Crippen LogP contribution in [0.4, 0.5) is 5.69 Å². The van der Waals surface area contributed by atoms with E-state index in [-0.39, 0.29) is 0 Å². The molecule has 0 aliphatic rings. The minimum atomic E-state index is 0.513. The summed E-state index contributed by atoms with van der Waals surface area (Å²) in [4.78, 5) is 6.54. The topological polar surface area (TPSA) is 87.7 Å². The first kappa shape index (κ1) is 9.95. The largest absolute Gasteiger partial charge is 0.342 e. The Kier molecular flexibility index (Phi) is 2.96. The number of rotatable bonds is 3. The molecule has 1 heterocycles. The molecule has 0 N–H and O–H groups in total. The first-order valence-corrected chi connectivity index (χ1v) is 4.48. The highest BCUT2D eigenvalue weighted by Gasteiger charge is 1.92. The molecule has 2 aromatic rings. The zero-order chi connectivity index (χ0) is 11.2. The smallest absolute Gasteiger partial charge is 0.214 e. The summed E-state index contributed by atoms with van der Waals surface area (Å²) in [6.07, 6.45) is 4.83. The Balaban J connectivity index is 2.13. The number of azide groups is 1. The average molecular weight is 213 g/mol. The van der Waals surface area contributed by atoms with Crippen LogP contribution in [0.25, 0.3) is 22.6 Å². The molecular formula is C10H7N5O. The van der Waals surface area contributed by atoms with Crippen molar-refractivity contribution in [1.82, 2.24) is 10.1 Å². The second-order valence-corrected chi connectivity index (χ2v) is 2.90. The third-order valence-electron chi connectivity index (χ3n) is 1.86. The number of hydrogen-bond acceptors (Lipinski definition) is 4. The highest BCUT2D eigenvalue weighted by atomic mass is 16.5. The lowest BCUT2D eigenvalue weighted by Gasteiger charge is -1.93. The predicted molar refractivity (Wildman–Crippen MR) is 58.5 cm³/mol. The summed E-state index contributed by atoms with van der Waals surface area (Å²) < 4.78 is 4.59. The van der Waals surface area contributed by atoms with E-state index in [9.17, 15) is 0 Å². The third-order valence-corrected chi connectivity index (χ3v) is 1.86. The molecule has 6 nitrogen and oxygen atoms in total. The molecule has 0 aliphatic carbocycles. The Bertz CT molecular complexity index is 523. The summed E-state index contributed by atoms with van der Waals surface area (Å²) in [7, 11) is 0. The van der Waals surface area contributed by atoms with Crippen LogP contribution in [0.15, 0.2) is 40.3 Å². The first-order valence-electron chi connectivity index (χ1n) is 4.48. The fourth-order valence-corrected chi connectivity index (χ4v) is 1.13. The monoisotopic (exact) mass is 213 g/mol. The van der Waals surface area contributed by atoms with E-state index in [1.807, 2.05) is 18.2 Å². The maximum atomic E-state index is 8.23. The Hall–Kier alpha value is -2.59. The zero-order valence-electron chi connectivity index (χ0n) is 8.19. The molecule has 0 amide bonds. The molecule has 78 valence electrons. The van der Waals surface area contributed by atoms with Gasteiger partial charge in [0.25, 0.3) is 0 Å². The lowest BCUT2D eigenvalue weighted by Crippen LogP contribution is -1.74. The van der Waals surface area contributed by atoms with E-state index in [2.05, 4.69) is 24.7 Å². The van der Waals surface area contributed by atoms with E-state index < -0.39 is 0 Å². The van der Waals surface area contributed by atoms with Crippen molar-refractivity contribution >= 4 is 17.8 Å². The van der Waals surface area contributed by atoms with Gasteiger partial charge in [0.05, 0.1) is 0 Å². The maximum absolute atomic E-state index is 8.23. The van der Waals surface area contributed by atoms with E-state index in [0.717, 1.165) is 5.56 Å². The van der Waals surface area contributed by atoms with Crippen molar-refractivity contribution in [2.45, 2.75) is 0 Å². The average Bonchev–Trinajstić information content (AvgIpc) is 2.82. The standard InChI is InChI=1S/C10H7N5O/c11-15-13-9-4-1-8(2-5-9)3-6-10-12-7-16-14-10/h1-7H. The Morgan fingerprint density at radius 2 is 2.06 bits per heavy atom. The van der Waals surface area contributed by atoms with Crippen LogP contribution >= 0.6 is 0 Å². The Morgan fingerprint density at radius 1 is 1.25 bits per heavy atom. The molecule has 1 aromatic carbocycles. The van der Waals surface area contributed by atoms with E-state index in [1.165, 1.54) is 6.39 Å². The van der Waals surface area contributed by atoms with Crippen LogP contribution in [-0.2, 0) is 0 Å². The van der Waals surface area contributed by atoms with Gasteiger partial charge in [0.2, 0.25) is 6.39 Å². The van der Waals surface area contributed by atoms with Gasteiger partial charge in [0, 0.05) is 10.6 Å². The van der Waals surface area contributed by atoms with Crippen LogP contribution < -0.4 is 0 Å². The molecule has 0 radical (unpaired) electrons. The quantitative estimate of drug-likeness (QED) is 0.445. The van der Waals surface area contributed by atoms with Crippen molar-refractivity contribution in [1.29, 1.82) is 0 Å². The van der Waals surface area contributed by atoms with Crippen LogP contribution in [0.3, 0.4) is 0 Å². The summed E-state index contributed by atoms with van der Waals surface area (Å²) in [5.74, 6) is 0.513. The van der Waals surface area contributed by atoms with Crippen molar-refractivity contribution in [3.05, 3.63) is 52.5 Å². The van der Waals surface area contributed by atoms with E-state index >= 15 is 0 Å². The molecule has 16 heavy (non-hydrogen) atoms. The molecule has 0 unspecified atom stereocenters. The summed E-state index contributed by atoms with van der Waals surface area (Å²) in [5, 5.41) is 7.11. The second-order valence-electron chi connectivity index (χ2n) is 2.90. The molecular weight excluding hydrogens is 206 g/mol. The van der Waals surface area contributed by atoms with Crippen molar-refractivity contribution < 1.29 is 4.52 Å². The Morgan fingerprint density at radius 3 is 2.69 bits per heavy atom. The summed E-state index contributed by atoms with van der Waals surface area (Å²) in [5.41, 5.74) is 9.78. The number of benzene rings is 1. The van der Waals surface area contributed by atoms with E-state index in [4.69, 9.17) is 5.53 Å². The second kappa shape index (κ2) is 4.77. The predicted octanol–water partition coefficient (Wildman–Crippen LogP) is 3.18. The van der Waals surface area contributed by atoms with Gasteiger partial charge < -0.3 is 4.52 Å². The fourth-order valence-electron chi connectivity index (χ4n) is 1.13. The van der Waals surface area contributed by atoms with Gasteiger partial charge in [0.15, 0.2) is 5.82 Å². The molecule has 0 atom stereocenters. The van der Waals surface area contributed by atoms with Gasteiger partial charge in [0.1, 0.15) is 0 Å². The summed E-state index contributed by atoms with van der Waals surface area (Å²) in [6, 6.07) is 7.13. The molecule has 0 aliphatic heterocycles. The van der Waals surface area contributed by atoms with Gasteiger partial charge >= 0.3 is 0 Å². The van der Waals surface area contributed by atoms with Gasteiger partial charge in [-0.25, -0.2) is 0 Å². The van der Waals surface area contributed by atoms with Crippen LogP contribution in [-0.4, -0.2) is 10.1 Å². The van der Waals surface area contributed by atoms with Crippen molar-refractivity contribution in [3.63, 3.8) is 0 Å². The van der Waals surface area contributed by atoms with Crippen LogP contribution in [0.1, 0.15) is 11.4 Å². The molecule has 0 spiro atoms. The normalized spacial score (nSPS) is 10.2. The molecule has 6 heteroatoms. The number of aromatic nitrogens is 2. The van der Waals surface area contributed by atoms with Crippen LogP contribution in [0.2, 0.25) is 0 Å². The molecule has 0 saturated carbocycles. The van der Waals surface area contributed by atoms with Gasteiger partial charge in [-0.2, -0.15) is 4.98 Å². The highest BCUT2D eigenvalue weighted by Crippen LogP contribution is 2.14. The zero-order valence-corrected chi connectivity index (χ0v) is 8.19. The van der Waals surface area contributed by atoms with Crippen LogP contribution in [0.5, 0.6) is 0 Å². The van der Waals surface area contributed by atoms with Gasteiger partial charge in [-0.3, -0.25) is 0 Å². The number of hydrogen-bond donors (Lipinski definition) is 0. The van der Waals surface area contributed by atoms with Gasteiger partial charge in [-0.1, -0.05) is 40.6 Å². The third kappa shape index (κ3) is 2.46.